The highest BCUT2D eigenvalue weighted by Crippen LogP contribution is 2.13. The number of nitrogens with zero attached hydrogens (tertiary/aromatic N) is 4. The van der Waals surface area contributed by atoms with E-state index in [9.17, 15) is 14.9 Å². The molecule has 8 nitrogen and oxygen atoms in total. The van der Waals surface area contributed by atoms with Crippen LogP contribution in [0.3, 0.4) is 0 Å². The van der Waals surface area contributed by atoms with Crippen LogP contribution in [0.1, 0.15) is 11.1 Å². The van der Waals surface area contributed by atoms with Gasteiger partial charge in [0, 0.05) is 55.4 Å². The second-order valence-corrected chi connectivity index (χ2v) is 7.26. The maximum absolute atomic E-state index is 12.1. The molecule has 1 heterocycles. The van der Waals surface area contributed by atoms with E-state index in [4.69, 9.17) is 11.6 Å². The quantitative estimate of drug-likeness (QED) is 0.426. The summed E-state index contributed by atoms with van der Waals surface area (Å²) >= 11 is 5.92. The summed E-state index contributed by atoms with van der Waals surface area (Å²) in [5.41, 5.74) is 4.23. The van der Waals surface area contributed by atoms with E-state index in [1.165, 1.54) is 23.9 Å². The molecule has 9 heteroatoms. The average Bonchev–Trinajstić information content (AvgIpc) is 2.71. The van der Waals surface area contributed by atoms with Crippen molar-refractivity contribution < 1.29 is 9.72 Å². The van der Waals surface area contributed by atoms with Gasteiger partial charge >= 0.3 is 0 Å². The molecule has 152 valence electrons. The lowest BCUT2D eigenvalue weighted by molar-refractivity contribution is -0.384. The zero-order valence-corrected chi connectivity index (χ0v) is 16.6. The van der Waals surface area contributed by atoms with Crippen LogP contribution in [-0.4, -0.2) is 59.6 Å². The number of carbonyl (C=O) groups excluding carboxylic acids is 1. The summed E-state index contributed by atoms with van der Waals surface area (Å²) in [6.07, 6.45) is 1.40. The van der Waals surface area contributed by atoms with Crippen molar-refractivity contribution in [2.75, 3.05) is 32.7 Å². The molecule has 0 spiro atoms. The number of carbonyl (C=O) groups is 1. The first-order valence-corrected chi connectivity index (χ1v) is 9.63. The summed E-state index contributed by atoms with van der Waals surface area (Å²) < 4.78 is 0. The van der Waals surface area contributed by atoms with E-state index in [2.05, 4.69) is 20.3 Å². The fourth-order valence-corrected chi connectivity index (χ4v) is 3.22. The van der Waals surface area contributed by atoms with Gasteiger partial charge in [0.15, 0.2) is 0 Å². The van der Waals surface area contributed by atoms with Gasteiger partial charge in [0.05, 0.1) is 17.7 Å². The Labute approximate surface area is 173 Å². The molecule has 2 aromatic rings. The molecule has 0 aromatic heterocycles. The molecule has 1 saturated heterocycles. The Kier molecular flexibility index (Phi) is 7.29. The lowest BCUT2D eigenvalue weighted by Gasteiger charge is -2.34. The third kappa shape index (κ3) is 6.63. The minimum Gasteiger partial charge on any atom is -0.297 e. The highest BCUT2D eigenvalue weighted by atomic mass is 35.5. The molecule has 1 fully saturated rings. The third-order valence-electron chi connectivity index (χ3n) is 4.64. The largest absolute Gasteiger partial charge is 0.297 e. The average molecular weight is 416 g/mol. The van der Waals surface area contributed by atoms with E-state index in [1.807, 2.05) is 24.3 Å². The van der Waals surface area contributed by atoms with Gasteiger partial charge < -0.3 is 0 Å². The van der Waals surface area contributed by atoms with Crippen LogP contribution in [-0.2, 0) is 11.3 Å². The lowest BCUT2D eigenvalue weighted by atomic mass is 10.2. The van der Waals surface area contributed by atoms with Gasteiger partial charge in [-0.1, -0.05) is 35.9 Å². The lowest BCUT2D eigenvalue weighted by Crippen LogP contribution is -2.48. The first-order valence-electron chi connectivity index (χ1n) is 9.25. The van der Waals surface area contributed by atoms with Gasteiger partial charge in [0.25, 0.3) is 11.6 Å². The van der Waals surface area contributed by atoms with Crippen molar-refractivity contribution in [1.29, 1.82) is 0 Å². The second kappa shape index (κ2) is 10.1. The van der Waals surface area contributed by atoms with Gasteiger partial charge in [-0.15, -0.1) is 0 Å². The number of hydrogen-bond acceptors (Lipinski definition) is 6. The number of halogens is 1. The number of nitro benzene ring substituents is 1. The van der Waals surface area contributed by atoms with Gasteiger partial charge in [-0.05, 0) is 17.7 Å². The maximum atomic E-state index is 12.1. The molecule has 0 atom stereocenters. The molecule has 1 N–H and O–H groups in total. The molecule has 29 heavy (non-hydrogen) atoms. The SMILES string of the molecule is O=C(CN1CCN(Cc2ccc(Cl)cc2)CC1)N/N=C\c1cccc([N+](=O)[O-])c1. The van der Waals surface area contributed by atoms with Crippen LogP contribution in [0.4, 0.5) is 5.69 Å². The molecule has 1 aliphatic heterocycles. The van der Waals surface area contributed by atoms with Crippen molar-refractivity contribution >= 4 is 29.4 Å². The van der Waals surface area contributed by atoms with Crippen LogP contribution in [0.15, 0.2) is 53.6 Å². The molecule has 3 rings (SSSR count). The van der Waals surface area contributed by atoms with E-state index in [1.54, 1.807) is 12.1 Å². The molecule has 0 radical (unpaired) electrons. The van der Waals surface area contributed by atoms with Crippen molar-refractivity contribution in [2.24, 2.45) is 5.10 Å². The van der Waals surface area contributed by atoms with Gasteiger partial charge in [-0.2, -0.15) is 5.10 Å². The zero-order valence-electron chi connectivity index (χ0n) is 15.8. The van der Waals surface area contributed by atoms with E-state index < -0.39 is 4.92 Å². The molecule has 2 aromatic carbocycles. The standard InChI is InChI=1S/C20H22ClN5O3/c21-18-6-4-16(5-7-18)14-24-8-10-25(11-9-24)15-20(27)23-22-13-17-2-1-3-19(12-17)26(28)29/h1-7,12-13H,8-11,14-15H2,(H,23,27)/b22-13-. The summed E-state index contributed by atoms with van der Waals surface area (Å²) in [6, 6.07) is 13.9. The molecular weight excluding hydrogens is 394 g/mol. The number of nitro groups is 1. The van der Waals surface area contributed by atoms with Gasteiger partial charge in [0.2, 0.25) is 0 Å². The summed E-state index contributed by atoms with van der Waals surface area (Å²) in [5.74, 6) is -0.210. The van der Waals surface area contributed by atoms with Crippen LogP contribution in [0.2, 0.25) is 5.02 Å². The van der Waals surface area contributed by atoms with Crippen molar-refractivity contribution in [1.82, 2.24) is 15.2 Å². The van der Waals surface area contributed by atoms with Gasteiger partial charge in [-0.3, -0.25) is 24.7 Å². The number of hydrogen-bond donors (Lipinski definition) is 1. The number of rotatable bonds is 7. The highest BCUT2D eigenvalue weighted by molar-refractivity contribution is 6.30. The highest BCUT2D eigenvalue weighted by Gasteiger charge is 2.18. The van der Waals surface area contributed by atoms with Crippen LogP contribution in [0, 0.1) is 10.1 Å². The number of hydrazone groups is 1. The molecular formula is C20H22ClN5O3. The number of non-ortho nitro benzene ring substituents is 1. The van der Waals surface area contributed by atoms with Crippen LogP contribution >= 0.6 is 11.6 Å². The topological polar surface area (TPSA) is 91.1 Å². The fourth-order valence-electron chi connectivity index (χ4n) is 3.09. The number of nitrogens with one attached hydrogen (secondary N) is 1. The maximum Gasteiger partial charge on any atom is 0.270 e. The van der Waals surface area contributed by atoms with E-state index >= 15 is 0 Å². The molecule has 0 unspecified atom stereocenters. The van der Waals surface area contributed by atoms with Gasteiger partial charge in [-0.25, -0.2) is 5.43 Å². The summed E-state index contributed by atoms with van der Waals surface area (Å²) in [4.78, 5) is 26.8. The van der Waals surface area contributed by atoms with E-state index in [0.717, 1.165) is 37.7 Å². The van der Waals surface area contributed by atoms with E-state index in [-0.39, 0.29) is 18.1 Å². The number of benzene rings is 2. The zero-order chi connectivity index (χ0) is 20.6. The number of amides is 1. The molecule has 1 amide bonds. The van der Waals surface area contributed by atoms with Crippen molar-refractivity contribution in [3.8, 4) is 0 Å². The molecule has 1 aliphatic rings. The Bertz CT molecular complexity index is 880. The minimum absolute atomic E-state index is 0.0169. The Balaban J connectivity index is 1.40. The van der Waals surface area contributed by atoms with Crippen LogP contribution < -0.4 is 5.43 Å². The predicted octanol–water partition coefficient (Wildman–Crippen LogP) is 2.52. The summed E-state index contributed by atoms with van der Waals surface area (Å²) in [6.45, 7) is 4.50. The fraction of sp³-hybridized carbons (Fsp3) is 0.300. The minimum atomic E-state index is -0.470. The Morgan fingerprint density at radius 2 is 1.83 bits per heavy atom. The predicted molar refractivity (Wildman–Crippen MR) is 112 cm³/mol. The van der Waals surface area contributed by atoms with E-state index in [0.29, 0.717) is 5.56 Å². The Morgan fingerprint density at radius 1 is 1.14 bits per heavy atom. The molecule has 0 saturated carbocycles. The second-order valence-electron chi connectivity index (χ2n) is 6.82. The smallest absolute Gasteiger partial charge is 0.270 e. The van der Waals surface area contributed by atoms with Crippen LogP contribution in [0.25, 0.3) is 0 Å². The summed E-state index contributed by atoms with van der Waals surface area (Å²) in [7, 11) is 0. The Hall–Kier alpha value is -2.81. The third-order valence-corrected chi connectivity index (χ3v) is 4.89. The normalized spacial score (nSPS) is 15.5. The first kappa shape index (κ1) is 20.9. The van der Waals surface area contributed by atoms with Crippen molar-refractivity contribution in [2.45, 2.75) is 6.54 Å². The van der Waals surface area contributed by atoms with Crippen LogP contribution in [0.5, 0.6) is 0 Å². The number of piperazine rings is 1. The summed E-state index contributed by atoms with van der Waals surface area (Å²) in [5, 5.41) is 15.4. The molecule has 0 aliphatic carbocycles. The monoisotopic (exact) mass is 415 g/mol. The Morgan fingerprint density at radius 3 is 2.52 bits per heavy atom. The van der Waals surface area contributed by atoms with Gasteiger partial charge in [0.1, 0.15) is 0 Å². The van der Waals surface area contributed by atoms with Crippen molar-refractivity contribution in [3.05, 3.63) is 74.8 Å². The first-order chi connectivity index (χ1) is 14.0. The molecule has 0 bridgehead atoms. The van der Waals surface area contributed by atoms with Crippen molar-refractivity contribution in [3.63, 3.8) is 0 Å².